The molecule has 1 unspecified atom stereocenters. The van der Waals surface area contributed by atoms with Gasteiger partial charge < -0.3 is 11.1 Å². The minimum Gasteiger partial charge on any atom is -0.356 e. The van der Waals surface area contributed by atoms with Crippen LogP contribution in [0.15, 0.2) is 24.3 Å². The highest BCUT2D eigenvalue weighted by Gasteiger charge is 2.20. The maximum atomic E-state index is 11.6. The van der Waals surface area contributed by atoms with Gasteiger partial charge in [-0.15, -0.1) is 0 Å². The van der Waals surface area contributed by atoms with Crippen molar-refractivity contribution in [3.05, 3.63) is 34.9 Å². The molecule has 0 bridgehead atoms. The second-order valence-electron chi connectivity index (χ2n) is 5.93. The van der Waals surface area contributed by atoms with Crippen LogP contribution in [0.4, 0.5) is 0 Å². The Labute approximate surface area is 120 Å². The minimum absolute atomic E-state index is 0.00849. The largest absolute Gasteiger partial charge is 0.356 e. The van der Waals surface area contributed by atoms with Crippen molar-refractivity contribution in [2.45, 2.75) is 39.7 Å². The highest BCUT2D eigenvalue weighted by atomic mass is 35.5. The lowest BCUT2D eigenvalue weighted by atomic mass is 9.85. The topological polar surface area (TPSA) is 55.1 Å². The maximum absolute atomic E-state index is 11.6. The summed E-state index contributed by atoms with van der Waals surface area (Å²) in [4.78, 5) is 11.6. The average Bonchev–Trinajstić information content (AvgIpc) is 2.25. The molecule has 0 aliphatic heterocycles. The van der Waals surface area contributed by atoms with E-state index < -0.39 is 0 Å². The van der Waals surface area contributed by atoms with Crippen molar-refractivity contribution in [1.29, 1.82) is 0 Å². The fraction of sp³-hybridized carbons (Fsp3) is 0.533. The van der Waals surface area contributed by atoms with Crippen molar-refractivity contribution in [2.24, 2.45) is 11.1 Å². The van der Waals surface area contributed by atoms with Gasteiger partial charge in [0.25, 0.3) is 0 Å². The van der Waals surface area contributed by atoms with Crippen molar-refractivity contribution in [3.8, 4) is 0 Å². The Balaban J connectivity index is 2.50. The zero-order valence-corrected chi connectivity index (χ0v) is 12.6. The monoisotopic (exact) mass is 282 g/mol. The second-order valence-corrected chi connectivity index (χ2v) is 6.37. The number of nitrogens with two attached hydrogens (primary N) is 1. The third-order valence-electron chi connectivity index (χ3n) is 2.84. The van der Waals surface area contributed by atoms with Gasteiger partial charge in [-0.05, 0) is 36.5 Å². The van der Waals surface area contributed by atoms with Crippen LogP contribution in [0.5, 0.6) is 0 Å². The third-order valence-corrected chi connectivity index (χ3v) is 3.08. The fourth-order valence-electron chi connectivity index (χ4n) is 1.96. The maximum Gasteiger partial charge on any atom is 0.221 e. The smallest absolute Gasteiger partial charge is 0.221 e. The lowest BCUT2D eigenvalue weighted by Gasteiger charge is -2.25. The molecule has 0 aliphatic carbocycles. The first-order valence-corrected chi connectivity index (χ1v) is 6.93. The quantitative estimate of drug-likeness (QED) is 0.843. The Kier molecular flexibility index (Phi) is 5.83. The molecule has 4 heteroatoms. The van der Waals surface area contributed by atoms with Crippen molar-refractivity contribution in [1.82, 2.24) is 5.32 Å². The predicted molar refractivity (Wildman–Crippen MR) is 80.2 cm³/mol. The van der Waals surface area contributed by atoms with E-state index in [1.54, 1.807) is 0 Å². The Morgan fingerprint density at radius 2 is 2.16 bits per heavy atom. The van der Waals surface area contributed by atoms with Crippen LogP contribution in [0.25, 0.3) is 0 Å². The van der Waals surface area contributed by atoms with Crippen LogP contribution in [0.3, 0.4) is 0 Å². The predicted octanol–water partition coefficient (Wildman–Crippen LogP) is 2.76. The Morgan fingerprint density at radius 3 is 2.74 bits per heavy atom. The van der Waals surface area contributed by atoms with Gasteiger partial charge in [0.05, 0.1) is 0 Å². The number of rotatable bonds is 6. The second kappa shape index (κ2) is 6.92. The third kappa shape index (κ3) is 6.60. The first kappa shape index (κ1) is 16.0. The van der Waals surface area contributed by atoms with Gasteiger partial charge in [0.1, 0.15) is 0 Å². The molecule has 0 aliphatic rings. The van der Waals surface area contributed by atoms with Crippen LogP contribution in [0.2, 0.25) is 5.02 Å². The van der Waals surface area contributed by atoms with E-state index in [2.05, 4.69) is 25.2 Å². The van der Waals surface area contributed by atoms with Crippen molar-refractivity contribution in [3.63, 3.8) is 0 Å². The summed E-state index contributed by atoms with van der Waals surface area (Å²) in [7, 11) is 0. The number of benzene rings is 1. The van der Waals surface area contributed by atoms with Crippen LogP contribution in [-0.4, -0.2) is 18.5 Å². The van der Waals surface area contributed by atoms with Gasteiger partial charge in [0.2, 0.25) is 5.91 Å². The summed E-state index contributed by atoms with van der Waals surface area (Å²) in [6.07, 6.45) is 1.24. The SMILES string of the molecule is CC(N)CC(=O)NCC(C)(C)Cc1cccc(Cl)c1. The van der Waals surface area contributed by atoms with Gasteiger partial charge in [-0.25, -0.2) is 0 Å². The average molecular weight is 283 g/mol. The number of hydrogen-bond acceptors (Lipinski definition) is 2. The Bertz CT molecular complexity index is 430. The molecule has 3 nitrogen and oxygen atoms in total. The number of halogens is 1. The molecule has 1 aromatic carbocycles. The van der Waals surface area contributed by atoms with E-state index in [9.17, 15) is 4.79 Å². The van der Waals surface area contributed by atoms with Crippen molar-refractivity contribution >= 4 is 17.5 Å². The molecular formula is C15H23ClN2O. The van der Waals surface area contributed by atoms with Crippen LogP contribution < -0.4 is 11.1 Å². The van der Waals surface area contributed by atoms with Crippen molar-refractivity contribution < 1.29 is 4.79 Å². The summed E-state index contributed by atoms with van der Waals surface area (Å²) < 4.78 is 0. The van der Waals surface area contributed by atoms with Crippen LogP contribution >= 0.6 is 11.6 Å². The zero-order valence-electron chi connectivity index (χ0n) is 11.9. The van der Waals surface area contributed by atoms with Gasteiger partial charge in [-0.3, -0.25) is 4.79 Å². The number of hydrogen-bond donors (Lipinski definition) is 2. The summed E-state index contributed by atoms with van der Waals surface area (Å²) in [5, 5.41) is 3.68. The lowest BCUT2D eigenvalue weighted by Crippen LogP contribution is -2.37. The van der Waals surface area contributed by atoms with Gasteiger partial charge in [-0.1, -0.05) is 37.6 Å². The lowest BCUT2D eigenvalue weighted by molar-refractivity contribution is -0.121. The summed E-state index contributed by atoms with van der Waals surface area (Å²) in [6, 6.07) is 7.73. The molecule has 106 valence electrons. The molecule has 0 radical (unpaired) electrons. The highest BCUT2D eigenvalue weighted by Crippen LogP contribution is 2.22. The summed E-state index contributed by atoms with van der Waals surface area (Å²) in [5.41, 5.74) is 6.76. The highest BCUT2D eigenvalue weighted by molar-refractivity contribution is 6.30. The fourth-order valence-corrected chi connectivity index (χ4v) is 2.18. The van der Waals surface area contributed by atoms with Crippen molar-refractivity contribution in [2.75, 3.05) is 6.54 Å². The molecule has 0 saturated heterocycles. The van der Waals surface area contributed by atoms with Gasteiger partial charge in [0, 0.05) is 24.0 Å². The van der Waals surface area contributed by atoms with Crippen LogP contribution in [0.1, 0.15) is 32.8 Å². The van der Waals surface area contributed by atoms with E-state index in [4.69, 9.17) is 17.3 Å². The number of nitrogens with one attached hydrogen (secondary N) is 1. The zero-order chi connectivity index (χ0) is 14.5. The Hall–Kier alpha value is -1.06. The van der Waals surface area contributed by atoms with Gasteiger partial charge in [-0.2, -0.15) is 0 Å². The van der Waals surface area contributed by atoms with E-state index in [-0.39, 0.29) is 17.4 Å². The molecule has 0 spiro atoms. The normalized spacial score (nSPS) is 13.1. The van der Waals surface area contributed by atoms with E-state index in [1.165, 1.54) is 5.56 Å². The number of carbonyl (C=O) groups is 1. The van der Waals surface area contributed by atoms with Crippen LogP contribution in [-0.2, 0) is 11.2 Å². The molecule has 1 amide bonds. The minimum atomic E-state index is -0.101. The molecule has 19 heavy (non-hydrogen) atoms. The van der Waals surface area contributed by atoms with Gasteiger partial charge >= 0.3 is 0 Å². The standard InChI is InChI=1S/C15H23ClN2O/c1-11(17)7-14(19)18-10-15(2,3)9-12-5-4-6-13(16)8-12/h4-6,8,11H,7,9-10,17H2,1-3H3,(H,18,19). The van der Waals surface area contributed by atoms with E-state index in [0.717, 1.165) is 11.4 Å². The molecule has 1 aromatic rings. The molecule has 0 heterocycles. The Morgan fingerprint density at radius 1 is 1.47 bits per heavy atom. The molecule has 0 aromatic heterocycles. The van der Waals surface area contributed by atoms with Gasteiger partial charge in [0.15, 0.2) is 0 Å². The van der Waals surface area contributed by atoms with E-state index >= 15 is 0 Å². The van der Waals surface area contributed by atoms with E-state index in [0.29, 0.717) is 13.0 Å². The molecule has 1 atom stereocenters. The van der Waals surface area contributed by atoms with E-state index in [1.807, 2.05) is 25.1 Å². The first-order chi connectivity index (χ1) is 8.78. The molecular weight excluding hydrogens is 260 g/mol. The first-order valence-electron chi connectivity index (χ1n) is 6.55. The summed E-state index contributed by atoms with van der Waals surface area (Å²) >= 11 is 5.97. The summed E-state index contributed by atoms with van der Waals surface area (Å²) in [6.45, 7) is 6.71. The molecule has 3 N–H and O–H groups in total. The van der Waals surface area contributed by atoms with Crippen LogP contribution in [0, 0.1) is 5.41 Å². The summed E-state index contributed by atoms with van der Waals surface area (Å²) in [5.74, 6) is 0.00849. The number of carbonyl (C=O) groups excluding carboxylic acids is 1. The molecule has 0 saturated carbocycles. The molecule has 1 rings (SSSR count). The number of amides is 1. The molecule has 0 fully saturated rings.